The number of benzene rings is 1. The molecule has 136 valence electrons. The lowest BCUT2D eigenvalue weighted by Gasteiger charge is -2.20. The molecule has 1 unspecified atom stereocenters. The van der Waals surface area contributed by atoms with Gasteiger partial charge in [0.05, 0.1) is 5.25 Å². The highest BCUT2D eigenvalue weighted by atomic mass is 32.2. The first-order valence-corrected chi connectivity index (χ1v) is 9.78. The van der Waals surface area contributed by atoms with E-state index in [9.17, 15) is 9.18 Å². The first-order valence-electron chi connectivity index (χ1n) is 8.08. The molecule has 0 aliphatic heterocycles. The SMILES string of the molecule is CC(C)CNc1nnc(SC(C)C(=O)N(C)Cc2cccc(F)c2)s1. The lowest BCUT2D eigenvalue weighted by molar-refractivity contribution is -0.129. The van der Waals surface area contributed by atoms with Crippen molar-refractivity contribution >= 4 is 34.1 Å². The molecule has 25 heavy (non-hydrogen) atoms. The summed E-state index contributed by atoms with van der Waals surface area (Å²) in [5, 5.41) is 11.9. The molecule has 1 heterocycles. The number of anilines is 1. The number of carbonyl (C=O) groups is 1. The van der Waals surface area contributed by atoms with Crippen LogP contribution in [0.5, 0.6) is 0 Å². The van der Waals surface area contributed by atoms with E-state index in [1.165, 1.54) is 35.2 Å². The molecular formula is C17H23FN4OS2. The minimum absolute atomic E-state index is 0.0267. The van der Waals surface area contributed by atoms with E-state index < -0.39 is 0 Å². The minimum atomic E-state index is -0.295. The van der Waals surface area contributed by atoms with Crippen molar-refractivity contribution in [3.63, 3.8) is 0 Å². The molecular weight excluding hydrogens is 359 g/mol. The summed E-state index contributed by atoms with van der Waals surface area (Å²) >= 11 is 2.84. The van der Waals surface area contributed by atoms with Gasteiger partial charge in [0.15, 0.2) is 4.34 Å². The summed E-state index contributed by atoms with van der Waals surface area (Å²) in [6.07, 6.45) is 0. The van der Waals surface area contributed by atoms with Crippen LogP contribution in [0.15, 0.2) is 28.6 Å². The molecule has 2 aromatic rings. The van der Waals surface area contributed by atoms with Gasteiger partial charge >= 0.3 is 0 Å². The van der Waals surface area contributed by atoms with E-state index in [1.54, 1.807) is 18.0 Å². The molecule has 1 aromatic heterocycles. The predicted molar refractivity (Wildman–Crippen MR) is 101 cm³/mol. The fourth-order valence-corrected chi connectivity index (χ4v) is 4.14. The standard InChI is InChI=1S/C17H23FN4OS2/c1-11(2)9-19-16-20-21-17(25-16)24-12(3)15(23)22(4)10-13-6-5-7-14(18)8-13/h5-8,11-12H,9-10H2,1-4H3,(H,19,20). The zero-order chi connectivity index (χ0) is 18.4. The average molecular weight is 383 g/mol. The third-order valence-corrected chi connectivity index (χ3v) is 5.43. The van der Waals surface area contributed by atoms with Crippen LogP contribution in [0, 0.1) is 11.7 Å². The molecule has 0 aliphatic rings. The average Bonchev–Trinajstić information content (AvgIpc) is 2.99. The Morgan fingerprint density at radius 3 is 2.80 bits per heavy atom. The number of hydrogen-bond donors (Lipinski definition) is 1. The zero-order valence-corrected chi connectivity index (χ0v) is 16.5. The Morgan fingerprint density at radius 1 is 1.36 bits per heavy atom. The van der Waals surface area contributed by atoms with Crippen molar-refractivity contribution in [1.29, 1.82) is 0 Å². The molecule has 0 radical (unpaired) electrons. The van der Waals surface area contributed by atoms with Crippen LogP contribution in [0.3, 0.4) is 0 Å². The molecule has 0 saturated heterocycles. The van der Waals surface area contributed by atoms with Crippen LogP contribution in [-0.4, -0.2) is 39.8 Å². The van der Waals surface area contributed by atoms with Crippen molar-refractivity contribution in [1.82, 2.24) is 15.1 Å². The van der Waals surface area contributed by atoms with Crippen molar-refractivity contribution in [2.45, 2.75) is 36.9 Å². The number of carbonyl (C=O) groups excluding carboxylic acids is 1. The number of thioether (sulfide) groups is 1. The first-order chi connectivity index (χ1) is 11.8. The molecule has 1 N–H and O–H groups in total. The fourth-order valence-electron chi connectivity index (χ4n) is 2.12. The van der Waals surface area contributed by atoms with E-state index >= 15 is 0 Å². The second-order valence-corrected chi connectivity index (χ2v) is 8.80. The van der Waals surface area contributed by atoms with E-state index in [4.69, 9.17) is 0 Å². The third-order valence-electron chi connectivity index (χ3n) is 3.38. The first kappa shape index (κ1) is 19.7. The Morgan fingerprint density at radius 2 is 2.12 bits per heavy atom. The van der Waals surface area contributed by atoms with Gasteiger partial charge in [-0.05, 0) is 30.5 Å². The summed E-state index contributed by atoms with van der Waals surface area (Å²) in [5.41, 5.74) is 0.768. The topological polar surface area (TPSA) is 58.1 Å². The number of rotatable bonds is 8. The molecule has 1 atom stereocenters. The molecule has 0 fully saturated rings. The highest BCUT2D eigenvalue weighted by Crippen LogP contribution is 2.29. The highest BCUT2D eigenvalue weighted by Gasteiger charge is 2.21. The predicted octanol–water partition coefficient (Wildman–Crippen LogP) is 3.88. The van der Waals surface area contributed by atoms with E-state index in [2.05, 4.69) is 29.4 Å². The maximum Gasteiger partial charge on any atom is 0.235 e. The number of hydrogen-bond acceptors (Lipinski definition) is 6. The molecule has 0 spiro atoms. The van der Waals surface area contributed by atoms with E-state index in [0.29, 0.717) is 12.5 Å². The molecule has 5 nitrogen and oxygen atoms in total. The maximum atomic E-state index is 13.3. The lowest BCUT2D eigenvalue weighted by Crippen LogP contribution is -2.32. The Bertz CT molecular complexity index is 707. The van der Waals surface area contributed by atoms with Crippen LogP contribution < -0.4 is 5.32 Å². The van der Waals surface area contributed by atoms with Gasteiger partial charge in [0.1, 0.15) is 5.82 Å². The van der Waals surface area contributed by atoms with E-state index in [0.717, 1.165) is 21.6 Å². The monoisotopic (exact) mass is 382 g/mol. The normalized spacial score (nSPS) is 12.2. The van der Waals surface area contributed by atoms with Gasteiger partial charge in [0.2, 0.25) is 11.0 Å². The van der Waals surface area contributed by atoms with E-state index in [-0.39, 0.29) is 17.0 Å². The third kappa shape index (κ3) is 6.28. The quantitative estimate of drug-likeness (QED) is 0.702. The van der Waals surface area contributed by atoms with Crippen LogP contribution >= 0.6 is 23.1 Å². The molecule has 1 aromatic carbocycles. The number of halogens is 1. The Labute approximate surface area is 156 Å². The summed E-state index contributed by atoms with van der Waals surface area (Å²) < 4.78 is 14.0. The van der Waals surface area contributed by atoms with Crippen molar-refractivity contribution in [3.8, 4) is 0 Å². The largest absolute Gasteiger partial charge is 0.360 e. The van der Waals surface area contributed by atoms with Crippen LogP contribution in [0.25, 0.3) is 0 Å². The summed E-state index contributed by atoms with van der Waals surface area (Å²) in [7, 11) is 1.72. The van der Waals surface area contributed by atoms with Gasteiger partial charge in [0.25, 0.3) is 0 Å². The number of amides is 1. The Hall–Kier alpha value is -1.67. The zero-order valence-electron chi connectivity index (χ0n) is 14.8. The summed E-state index contributed by atoms with van der Waals surface area (Å²) in [6.45, 7) is 7.30. The molecule has 8 heteroatoms. The van der Waals surface area contributed by atoms with Gasteiger partial charge in [-0.15, -0.1) is 10.2 Å². The molecule has 0 saturated carbocycles. The maximum absolute atomic E-state index is 13.3. The van der Waals surface area contributed by atoms with Crippen LogP contribution in [-0.2, 0) is 11.3 Å². The lowest BCUT2D eigenvalue weighted by atomic mass is 10.2. The molecule has 0 aliphatic carbocycles. The summed E-state index contributed by atoms with van der Waals surface area (Å²) in [5.74, 6) is 0.203. The van der Waals surface area contributed by atoms with Gasteiger partial charge in [-0.25, -0.2) is 4.39 Å². The van der Waals surface area contributed by atoms with Crippen LogP contribution in [0.2, 0.25) is 0 Å². The van der Waals surface area contributed by atoms with Gasteiger partial charge in [-0.1, -0.05) is 49.1 Å². The second-order valence-electron chi connectivity index (χ2n) is 6.23. The van der Waals surface area contributed by atoms with Crippen LogP contribution in [0.4, 0.5) is 9.52 Å². The van der Waals surface area contributed by atoms with Crippen LogP contribution in [0.1, 0.15) is 26.3 Å². The van der Waals surface area contributed by atoms with Gasteiger partial charge < -0.3 is 10.2 Å². The smallest absolute Gasteiger partial charge is 0.235 e. The molecule has 2 rings (SSSR count). The van der Waals surface area contributed by atoms with Gasteiger partial charge in [-0.3, -0.25) is 4.79 Å². The Balaban J connectivity index is 1.88. The second kappa shape index (κ2) is 9.15. The van der Waals surface area contributed by atoms with Crippen molar-refractivity contribution in [2.24, 2.45) is 5.92 Å². The molecule has 1 amide bonds. The van der Waals surface area contributed by atoms with Gasteiger partial charge in [0, 0.05) is 20.1 Å². The summed E-state index contributed by atoms with van der Waals surface area (Å²) in [4.78, 5) is 14.1. The highest BCUT2D eigenvalue weighted by molar-refractivity contribution is 8.02. The summed E-state index contributed by atoms with van der Waals surface area (Å²) in [6, 6.07) is 6.29. The Kier molecular flexibility index (Phi) is 7.19. The van der Waals surface area contributed by atoms with Crippen molar-refractivity contribution in [3.05, 3.63) is 35.6 Å². The molecule has 0 bridgehead atoms. The van der Waals surface area contributed by atoms with Crippen molar-refractivity contribution < 1.29 is 9.18 Å². The fraction of sp³-hybridized carbons (Fsp3) is 0.471. The van der Waals surface area contributed by atoms with Gasteiger partial charge in [-0.2, -0.15) is 0 Å². The van der Waals surface area contributed by atoms with Crippen molar-refractivity contribution in [2.75, 3.05) is 18.9 Å². The van der Waals surface area contributed by atoms with E-state index in [1.807, 2.05) is 13.0 Å². The number of aromatic nitrogens is 2. The minimum Gasteiger partial charge on any atom is -0.360 e. The number of nitrogens with zero attached hydrogens (tertiary/aromatic N) is 3. The number of nitrogens with one attached hydrogen (secondary N) is 1.